The highest BCUT2D eigenvalue weighted by Gasteiger charge is 2.19. The third-order valence-electron chi connectivity index (χ3n) is 4.06. The van der Waals surface area contributed by atoms with Crippen LogP contribution >= 0.6 is 23.2 Å². The van der Waals surface area contributed by atoms with Crippen molar-refractivity contribution < 1.29 is 0 Å². The molecule has 0 bridgehead atoms. The van der Waals surface area contributed by atoms with Crippen molar-refractivity contribution in [1.82, 2.24) is 15.0 Å². The lowest BCUT2D eigenvalue weighted by molar-refractivity contribution is 0.781. The lowest BCUT2D eigenvalue weighted by atomic mass is 10.2. The van der Waals surface area contributed by atoms with E-state index in [9.17, 15) is 0 Å². The Hall–Kier alpha value is -2.04. The fraction of sp³-hybridized carbons (Fsp3) is 0.176. The summed E-state index contributed by atoms with van der Waals surface area (Å²) < 4.78 is 1.67. The van der Waals surface area contributed by atoms with Crippen LogP contribution < -0.4 is 4.90 Å². The quantitative estimate of drug-likeness (QED) is 0.716. The van der Waals surface area contributed by atoms with E-state index in [-0.39, 0.29) is 0 Å². The van der Waals surface area contributed by atoms with Crippen molar-refractivity contribution in [3.63, 3.8) is 0 Å². The SMILES string of the molecule is Clc1cccc(-n2cc(CN3CCc4ccccc43)nn2)c1Cl. The molecular formula is C17H14Cl2N4. The number of hydrogen-bond acceptors (Lipinski definition) is 3. The van der Waals surface area contributed by atoms with Gasteiger partial charge in [-0.1, -0.05) is 52.7 Å². The Morgan fingerprint density at radius 1 is 1.00 bits per heavy atom. The van der Waals surface area contributed by atoms with Gasteiger partial charge in [0.25, 0.3) is 0 Å². The molecule has 0 N–H and O–H groups in total. The molecular weight excluding hydrogens is 331 g/mol. The summed E-state index contributed by atoms with van der Waals surface area (Å²) in [5.74, 6) is 0. The number of fused-ring (bicyclic) bond motifs is 1. The van der Waals surface area contributed by atoms with Gasteiger partial charge in [0.05, 0.1) is 28.5 Å². The fourth-order valence-corrected chi connectivity index (χ4v) is 3.31. The summed E-state index contributed by atoms with van der Waals surface area (Å²) in [6.07, 6.45) is 2.98. The van der Waals surface area contributed by atoms with E-state index in [0.29, 0.717) is 10.0 Å². The van der Waals surface area contributed by atoms with Gasteiger partial charge in [-0.15, -0.1) is 5.10 Å². The topological polar surface area (TPSA) is 34.0 Å². The van der Waals surface area contributed by atoms with Crippen LogP contribution in [-0.2, 0) is 13.0 Å². The van der Waals surface area contributed by atoms with Crippen molar-refractivity contribution >= 4 is 28.9 Å². The van der Waals surface area contributed by atoms with E-state index in [1.807, 2.05) is 18.3 Å². The maximum absolute atomic E-state index is 6.24. The summed E-state index contributed by atoms with van der Waals surface area (Å²) in [5.41, 5.74) is 4.30. The third-order valence-corrected chi connectivity index (χ3v) is 4.86. The number of para-hydroxylation sites is 1. The fourth-order valence-electron chi connectivity index (χ4n) is 2.92. The standard InChI is InChI=1S/C17H14Cl2N4/c18-14-5-3-7-16(17(14)19)23-11-13(20-21-23)10-22-9-8-12-4-1-2-6-15(12)22/h1-7,11H,8-10H2. The van der Waals surface area contributed by atoms with Crippen molar-refractivity contribution in [1.29, 1.82) is 0 Å². The highest BCUT2D eigenvalue weighted by Crippen LogP contribution is 2.30. The molecule has 1 aromatic heterocycles. The number of nitrogens with zero attached hydrogens (tertiary/aromatic N) is 4. The van der Waals surface area contributed by atoms with Crippen LogP contribution in [0.2, 0.25) is 10.0 Å². The van der Waals surface area contributed by atoms with Crippen LogP contribution in [0.15, 0.2) is 48.7 Å². The maximum Gasteiger partial charge on any atom is 0.102 e. The lowest BCUT2D eigenvalue weighted by Crippen LogP contribution is -2.19. The molecule has 0 atom stereocenters. The maximum atomic E-state index is 6.24. The summed E-state index contributed by atoms with van der Waals surface area (Å²) >= 11 is 12.3. The van der Waals surface area contributed by atoms with Gasteiger partial charge in [-0.05, 0) is 30.2 Å². The molecule has 3 aromatic rings. The number of aromatic nitrogens is 3. The van der Waals surface area contributed by atoms with Gasteiger partial charge in [0.15, 0.2) is 0 Å². The van der Waals surface area contributed by atoms with E-state index in [4.69, 9.17) is 23.2 Å². The highest BCUT2D eigenvalue weighted by molar-refractivity contribution is 6.43. The minimum absolute atomic E-state index is 0.483. The van der Waals surface area contributed by atoms with Gasteiger partial charge in [0, 0.05) is 12.2 Å². The first-order valence-corrected chi connectivity index (χ1v) is 8.16. The van der Waals surface area contributed by atoms with E-state index in [2.05, 4.69) is 39.5 Å². The molecule has 0 spiro atoms. The second-order valence-electron chi connectivity index (χ2n) is 5.53. The average Bonchev–Trinajstić information content (AvgIpc) is 3.18. The van der Waals surface area contributed by atoms with Gasteiger partial charge in [0.1, 0.15) is 5.69 Å². The minimum Gasteiger partial charge on any atom is -0.365 e. The van der Waals surface area contributed by atoms with Crippen LogP contribution in [0.25, 0.3) is 5.69 Å². The summed E-state index contributed by atoms with van der Waals surface area (Å²) in [4.78, 5) is 2.32. The van der Waals surface area contributed by atoms with Crippen molar-refractivity contribution in [2.24, 2.45) is 0 Å². The Bertz CT molecular complexity index is 859. The smallest absolute Gasteiger partial charge is 0.102 e. The van der Waals surface area contributed by atoms with Gasteiger partial charge in [-0.25, -0.2) is 4.68 Å². The second-order valence-corrected chi connectivity index (χ2v) is 6.31. The molecule has 0 saturated heterocycles. The monoisotopic (exact) mass is 344 g/mol. The number of benzene rings is 2. The number of anilines is 1. The molecule has 4 nitrogen and oxygen atoms in total. The lowest BCUT2D eigenvalue weighted by Gasteiger charge is -2.17. The Kier molecular flexibility index (Phi) is 3.71. The van der Waals surface area contributed by atoms with Crippen molar-refractivity contribution in [3.05, 3.63) is 70.0 Å². The second kappa shape index (κ2) is 5.87. The van der Waals surface area contributed by atoms with Gasteiger partial charge in [-0.3, -0.25) is 0 Å². The van der Waals surface area contributed by atoms with Crippen molar-refractivity contribution in [2.75, 3.05) is 11.4 Å². The van der Waals surface area contributed by atoms with Gasteiger partial charge < -0.3 is 4.90 Å². The van der Waals surface area contributed by atoms with Crippen LogP contribution in [0.4, 0.5) is 5.69 Å². The molecule has 1 aliphatic heterocycles. The van der Waals surface area contributed by atoms with Crippen LogP contribution in [0.5, 0.6) is 0 Å². The predicted octanol–water partition coefficient (Wildman–Crippen LogP) is 4.14. The minimum atomic E-state index is 0.483. The first-order valence-electron chi connectivity index (χ1n) is 7.41. The number of halogens is 2. The first kappa shape index (κ1) is 14.5. The largest absolute Gasteiger partial charge is 0.365 e. The summed E-state index contributed by atoms with van der Waals surface area (Å²) in [5, 5.41) is 9.45. The molecule has 0 aliphatic carbocycles. The Labute approximate surface area is 144 Å². The van der Waals surface area contributed by atoms with E-state index >= 15 is 0 Å². The van der Waals surface area contributed by atoms with E-state index in [1.54, 1.807) is 10.7 Å². The van der Waals surface area contributed by atoms with E-state index in [1.165, 1.54) is 11.3 Å². The zero-order chi connectivity index (χ0) is 15.8. The predicted molar refractivity (Wildman–Crippen MR) is 92.6 cm³/mol. The zero-order valence-corrected chi connectivity index (χ0v) is 13.8. The summed E-state index contributed by atoms with van der Waals surface area (Å²) in [6, 6.07) is 14.0. The molecule has 0 radical (unpaired) electrons. The van der Waals surface area contributed by atoms with Gasteiger partial charge in [0.2, 0.25) is 0 Å². The molecule has 23 heavy (non-hydrogen) atoms. The Morgan fingerprint density at radius 3 is 2.74 bits per heavy atom. The third kappa shape index (κ3) is 2.69. The molecule has 4 rings (SSSR count). The number of hydrogen-bond donors (Lipinski definition) is 0. The Balaban J connectivity index is 1.59. The van der Waals surface area contributed by atoms with Crippen LogP contribution in [0, 0.1) is 0 Å². The molecule has 0 saturated carbocycles. The molecule has 0 amide bonds. The van der Waals surface area contributed by atoms with Gasteiger partial charge >= 0.3 is 0 Å². The molecule has 0 unspecified atom stereocenters. The van der Waals surface area contributed by atoms with Crippen LogP contribution in [0.3, 0.4) is 0 Å². The van der Waals surface area contributed by atoms with E-state index < -0.39 is 0 Å². The van der Waals surface area contributed by atoms with Crippen LogP contribution in [-0.4, -0.2) is 21.5 Å². The zero-order valence-electron chi connectivity index (χ0n) is 12.3. The highest BCUT2D eigenvalue weighted by atomic mass is 35.5. The number of rotatable bonds is 3. The molecule has 116 valence electrons. The molecule has 2 heterocycles. The molecule has 6 heteroatoms. The van der Waals surface area contributed by atoms with Crippen molar-refractivity contribution in [3.8, 4) is 5.69 Å². The van der Waals surface area contributed by atoms with Crippen molar-refractivity contribution in [2.45, 2.75) is 13.0 Å². The molecule has 0 fully saturated rings. The molecule has 2 aromatic carbocycles. The summed E-state index contributed by atoms with van der Waals surface area (Å²) in [7, 11) is 0. The first-order chi connectivity index (χ1) is 11.2. The average molecular weight is 345 g/mol. The normalized spacial score (nSPS) is 13.4. The summed E-state index contributed by atoms with van der Waals surface area (Å²) in [6.45, 7) is 1.74. The van der Waals surface area contributed by atoms with Crippen LogP contribution in [0.1, 0.15) is 11.3 Å². The molecule has 1 aliphatic rings. The van der Waals surface area contributed by atoms with E-state index in [0.717, 1.165) is 30.9 Å². The Morgan fingerprint density at radius 2 is 1.83 bits per heavy atom. The van der Waals surface area contributed by atoms with Gasteiger partial charge in [-0.2, -0.15) is 0 Å².